The Kier molecular flexibility index (Phi) is 5.57. The molecule has 1 aromatic carbocycles. The molecule has 3 rings (SSSR count). The second-order valence-electron chi connectivity index (χ2n) is 7.24. The fourth-order valence-electron chi connectivity index (χ4n) is 4.27. The lowest BCUT2D eigenvalue weighted by Crippen LogP contribution is -2.57. The van der Waals surface area contributed by atoms with Gasteiger partial charge in [0.05, 0.1) is 0 Å². The summed E-state index contributed by atoms with van der Waals surface area (Å²) in [5.41, 5.74) is 3.66. The maximum Gasteiger partial charge on any atom is 0.171 e. The molecule has 2 heterocycles. The van der Waals surface area contributed by atoms with Gasteiger partial charge in [-0.25, -0.2) is 0 Å². The van der Waals surface area contributed by atoms with Crippen molar-refractivity contribution in [3.63, 3.8) is 0 Å². The standard InChI is InChI=1S/C20H29N3S/c1-4-11-23-17-8-6-9-18(23)13-16(12-17)21-20(24)22-19-10-5-7-14(2)15(19)3/h4-5,7,10,16-18H,1,6,8-9,11-13H2,2-3H3,(H2,21,22,24)/t17-,18-/m0/s1. The van der Waals surface area contributed by atoms with Crippen LogP contribution in [0.25, 0.3) is 0 Å². The molecule has 0 saturated carbocycles. The van der Waals surface area contributed by atoms with E-state index in [0.29, 0.717) is 18.1 Å². The molecule has 0 amide bonds. The van der Waals surface area contributed by atoms with Crippen molar-refractivity contribution in [2.75, 3.05) is 11.9 Å². The van der Waals surface area contributed by atoms with Crippen LogP contribution in [0.3, 0.4) is 0 Å². The predicted molar refractivity (Wildman–Crippen MR) is 107 cm³/mol. The van der Waals surface area contributed by atoms with Gasteiger partial charge in [0.15, 0.2) is 5.11 Å². The van der Waals surface area contributed by atoms with E-state index in [1.165, 1.54) is 43.2 Å². The van der Waals surface area contributed by atoms with Crippen molar-refractivity contribution in [1.82, 2.24) is 10.2 Å². The maximum absolute atomic E-state index is 5.58. The summed E-state index contributed by atoms with van der Waals surface area (Å²) in [6.45, 7) is 9.21. The zero-order chi connectivity index (χ0) is 17.1. The molecule has 2 fully saturated rings. The van der Waals surface area contributed by atoms with Crippen LogP contribution in [-0.4, -0.2) is 34.7 Å². The van der Waals surface area contributed by atoms with Gasteiger partial charge >= 0.3 is 0 Å². The molecule has 2 aliphatic heterocycles. The van der Waals surface area contributed by atoms with Crippen LogP contribution in [0.4, 0.5) is 5.69 Å². The Hall–Kier alpha value is -1.39. The first-order valence-electron chi connectivity index (χ1n) is 9.09. The van der Waals surface area contributed by atoms with Crippen molar-refractivity contribution in [2.45, 2.75) is 64.1 Å². The van der Waals surface area contributed by atoms with Gasteiger partial charge in [-0.3, -0.25) is 4.90 Å². The van der Waals surface area contributed by atoms with Gasteiger partial charge in [-0.15, -0.1) is 6.58 Å². The van der Waals surface area contributed by atoms with Gasteiger partial charge < -0.3 is 10.6 Å². The number of hydrogen-bond donors (Lipinski definition) is 2. The molecular formula is C20H29N3S. The average molecular weight is 344 g/mol. The number of anilines is 1. The van der Waals surface area contributed by atoms with E-state index in [9.17, 15) is 0 Å². The Morgan fingerprint density at radius 1 is 1.29 bits per heavy atom. The summed E-state index contributed by atoms with van der Waals surface area (Å²) in [4.78, 5) is 2.65. The average Bonchev–Trinajstić information content (AvgIpc) is 2.53. The summed E-state index contributed by atoms with van der Waals surface area (Å²) in [5, 5.41) is 7.72. The van der Waals surface area contributed by atoms with E-state index in [-0.39, 0.29) is 0 Å². The van der Waals surface area contributed by atoms with Gasteiger partial charge in [0.25, 0.3) is 0 Å². The minimum atomic E-state index is 0.478. The number of hydrogen-bond acceptors (Lipinski definition) is 2. The Labute approximate surface area is 151 Å². The van der Waals surface area contributed by atoms with E-state index in [0.717, 1.165) is 17.3 Å². The highest BCUT2D eigenvalue weighted by atomic mass is 32.1. The Balaban J connectivity index is 1.59. The molecule has 4 heteroatoms. The van der Waals surface area contributed by atoms with E-state index in [1.807, 2.05) is 6.08 Å². The number of rotatable bonds is 4. The van der Waals surface area contributed by atoms with E-state index in [1.54, 1.807) is 0 Å². The van der Waals surface area contributed by atoms with Crippen LogP contribution in [0.5, 0.6) is 0 Å². The minimum absolute atomic E-state index is 0.478. The number of benzene rings is 1. The number of fused-ring (bicyclic) bond motifs is 2. The maximum atomic E-state index is 5.58. The Morgan fingerprint density at radius 2 is 2.00 bits per heavy atom. The van der Waals surface area contributed by atoms with Gasteiger partial charge in [0.2, 0.25) is 0 Å². The zero-order valence-corrected chi connectivity index (χ0v) is 15.7. The van der Waals surface area contributed by atoms with Crippen LogP contribution in [0.2, 0.25) is 0 Å². The molecule has 0 aromatic heterocycles. The largest absolute Gasteiger partial charge is 0.360 e. The van der Waals surface area contributed by atoms with Crippen molar-refractivity contribution in [3.8, 4) is 0 Å². The molecule has 3 nitrogen and oxygen atoms in total. The van der Waals surface area contributed by atoms with Crippen LogP contribution in [0, 0.1) is 13.8 Å². The van der Waals surface area contributed by atoms with Crippen molar-refractivity contribution in [1.29, 1.82) is 0 Å². The van der Waals surface area contributed by atoms with Crippen molar-refractivity contribution in [3.05, 3.63) is 42.0 Å². The predicted octanol–water partition coefficient (Wildman–Crippen LogP) is 4.16. The van der Waals surface area contributed by atoms with Gasteiger partial charge in [0, 0.05) is 30.4 Å². The second kappa shape index (κ2) is 7.66. The van der Waals surface area contributed by atoms with Gasteiger partial charge in [0.1, 0.15) is 0 Å². The topological polar surface area (TPSA) is 27.3 Å². The molecule has 24 heavy (non-hydrogen) atoms. The summed E-state index contributed by atoms with van der Waals surface area (Å²) in [7, 11) is 0. The number of aryl methyl sites for hydroxylation is 1. The highest BCUT2D eigenvalue weighted by molar-refractivity contribution is 7.80. The lowest BCUT2D eigenvalue weighted by Gasteiger charge is -2.48. The molecule has 0 unspecified atom stereocenters. The first-order chi connectivity index (χ1) is 11.6. The molecule has 2 bridgehead atoms. The molecule has 1 aromatic rings. The third kappa shape index (κ3) is 3.81. The number of piperidine rings is 2. The number of nitrogens with one attached hydrogen (secondary N) is 2. The highest BCUT2D eigenvalue weighted by Crippen LogP contribution is 2.34. The fourth-order valence-corrected chi connectivity index (χ4v) is 4.55. The molecule has 0 radical (unpaired) electrons. The SMILES string of the molecule is C=CCN1[C@H]2CCC[C@H]1CC(NC(=S)Nc1cccc(C)c1C)C2. The van der Waals surface area contributed by atoms with Crippen LogP contribution < -0.4 is 10.6 Å². The minimum Gasteiger partial charge on any atom is -0.360 e. The smallest absolute Gasteiger partial charge is 0.171 e. The number of nitrogens with zero attached hydrogens (tertiary/aromatic N) is 1. The van der Waals surface area contributed by atoms with Crippen LogP contribution in [0.15, 0.2) is 30.9 Å². The Bertz CT molecular complexity index is 599. The van der Waals surface area contributed by atoms with Crippen molar-refractivity contribution >= 4 is 23.0 Å². The van der Waals surface area contributed by atoms with Gasteiger partial charge in [-0.2, -0.15) is 0 Å². The van der Waals surface area contributed by atoms with Gasteiger partial charge in [-0.1, -0.05) is 24.6 Å². The zero-order valence-electron chi connectivity index (χ0n) is 14.8. The van der Waals surface area contributed by atoms with E-state index >= 15 is 0 Å². The third-order valence-corrected chi connectivity index (χ3v) is 5.87. The normalized spacial score (nSPS) is 26.7. The molecular weight excluding hydrogens is 314 g/mol. The van der Waals surface area contributed by atoms with Crippen molar-refractivity contribution < 1.29 is 0 Å². The van der Waals surface area contributed by atoms with E-state index < -0.39 is 0 Å². The first kappa shape index (κ1) is 17.4. The quantitative estimate of drug-likeness (QED) is 0.634. The molecule has 2 saturated heterocycles. The first-order valence-corrected chi connectivity index (χ1v) is 9.49. The van der Waals surface area contributed by atoms with Crippen LogP contribution >= 0.6 is 12.2 Å². The molecule has 2 aliphatic rings. The van der Waals surface area contributed by atoms with Crippen LogP contribution in [-0.2, 0) is 0 Å². The third-order valence-electron chi connectivity index (χ3n) is 5.65. The van der Waals surface area contributed by atoms with E-state index in [4.69, 9.17) is 12.2 Å². The summed E-state index contributed by atoms with van der Waals surface area (Å²) in [6, 6.07) is 8.14. The van der Waals surface area contributed by atoms with Crippen LogP contribution in [0.1, 0.15) is 43.2 Å². The molecule has 0 aliphatic carbocycles. The summed E-state index contributed by atoms with van der Waals surface area (Å²) in [6.07, 6.45) is 8.38. The highest BCUT2D eigenvalue weighted by Gasteiger charge is 2.37. The summed E-state index contributed by atoms with van der Waals surface area (Å²) >= 11 is 5.58. The summed E-state index contributed by atoms with van der Waals surface area (Å²) < 4.78 is 0. The second-order valence-corrected chi connectivity index (χ2v) is 7.65. The van der Waals surface area contributed by atoms with E-state index in [2.05, 4.69) is 54.2 Å². The molecule has 130 valence electrons. The Morgan fingerprint density at radius 3 is 2.67 bits per heavy atom. The van der Waals surface area contributed by atoms with Gasteiger partial charge in [-0.05, 0) is 68.9 Å². The summed E-state index contributed by atoms with van der Waals surface area (Å²) in [5.74, 6) is 0. The van der Waals surface area contributed by atoms with Crippen molar-refractivity contribution in [2.24, 2.45) is 0 Å². The molecule has 0 spiro atoms. The lowest BCUT2D eigenvalue weighted by molar-refractivity contribution is 0.0389. The fraction of sp³-hybridized carbons (Fsp3) is 0.550. The monoisotopic (exact) mass is 343 g/mol. The lowest BCUT2D eigenvalue weighted by atomic mass is 9.82. The molecule has 2 atom stereocenters. The number of thiocarbonyl (C=S) groups is 1. The molecule has 2 N–H and O–H groups in total.